The molecule has 242 valence electrons. The van der Waals surface area contributed by atoms with Gasteiger partial charge in [-0.2, -0.15) is 0 Å². The highest BCUT2D eigenvalue weighted by atomic mass is 15.1. The topological polar surface area (TPSA) is 30.7 Å². The number of para-hydroxylation sites is 2. The molecule has 0 amide bonds. The Labute approximate surface area is 309 Å². The number of benzene rings is 7. The molecule has 0 unspecified atom stereocenters. The average Bonchev–Trinajstić information content (AvgIpc) is 3.57. The van der Waals surface area contributed by atoms with Gasteiger partial charge in [0.05, 0.1) is 40.3 Å². The van der Waals surface area contributed by atoms with Gasteiger partial charge in [0, 0.05) is 17.8 Å². The quantitative estimate of drug-likeness (QED) is 0.156. The molecule has 9 rings (SSSR count). The van der Waals surface area contributed by atoms with Gasteiger partial charge in [-0.15, -0.1) is 5.11 Å². The highest BCUT2D eigenvalue weighted by Crippen LogP contribution is 2.48. The third-order valence-electron chi connectivity index (χ3n) is 11.5. The Balaban J connectivity index is 1.36. The zero-order valence-corrected chi connectivity index (χ0v) is 30.4. The van der Waals surface area contributed by atoms with E-state index in [1.807, 2.05) is 12.4 Å². The maximum atomic E-state index is 5.32. The summed E-state index contributed by atoms with van der Waals surface area (Å²) in [5, 5.41) is 7.15. The molecule has 0 N–H and O–H groups in total. The predicted octanol–water partition coefficient (Wildman–Crippen LogP) is 6.27. The molecule has 0 aliphatic rings. The third-order valence-corrected chi connectivity index (χ3v) is 11.5. The van der Waals surface area contributed by atoms with Gasteiger partial charge in [0.2, 0.25) is 0 Å². The van der Waals surface area contributed by atoms with Gasteiger partial charge in [0.15, 0.2) is 0 Å². The second kappa shape index (κ2) is 12.2. The zero-order valence-electron chi connectivity index (χ0n) is 30.4. The Morgan fingerprint density at radius 1 is 0.442 bits per heavy atom. The maximum Gasteiger partial charge on any atom is 0.106 e. The molecular formula is C44H36B5N3. The van der Waals surface area contributed by atoms with Gasteiger partial charge in [-0.25, -0.2) is 4.98 Å². The molecule has 2 aromatic heterocycles. The van der Waals surface area contributed by atoms with Crippen LogP contribution in [0.3, 0.4) is 0 Å². The molecule has 0 aliphatic carbocycles. The van der Waals surface area contributed by atoms with Crippen LogP contribution in [0.15, 0.2) is 158 Å². The van der Waals surface area contributed by atoms with Crippen LogP contribution in [-0.2, 0) is 5.21 Å². The molecule has 0 saturated carbocycles. The largest absolute Gasteiger partial charge is 0.296 e. The number of pyridine rings is 1. The van der Waals surface area contributed by atoms with Crippen LogP contribution in [0.4, 0.5) is 0 Å². The van der Waals surface area contributed by atoms with Crippen molar-refractivity contribution < 1.29 is 0 Å². The molecule has 7 aromatic carbocycles. The SMILES string of the molecule is BC(B)(B)C(B)(B)c1nc2ccccc2n1-c1ccc(-c2c3ccccc3c(-c3ccccc3-c3ccncc3)c3ccccc23)c2ccccc12. The minimum absolute atomic E-state index is 0.0164. The van der Waals surface area contributed by atoms with Gasteiger partial charge in [-0.1, -0.05) is 115 Å². The molecule has 3 nitrogen and oxygen atoms in total. The Morgan fingerprint density at radius 3 is 1.56 bits per heavy atom. The first kappa shape index (κ1) is 32.2. The van der Waals surface area contributed by atoms with Gasteiger partial charge < -0.3 is 0 Å². The number of nitrogens with zero attached hydrogens (tertiary/aromatic N) is 3. The number of aromatic nitrogens is 3. The van der Waals surface area contributed by atoms with Gasteiger partial charge in [-0.05, 0) is 95.9 Å². The molecule has 0 fully saturated rings. The second-order valence-corrected chi connectivity index (χ2v) is 15.4. The van der Waals surface area contributed by atoms with Gasteiger partial charge in [-0.3, -0.25) is 9.55 Å². The fraction of sp³-hybridized carbons (Fsp3) is 0.0455. The molecule has 0 atom stereocenters. The summed E-state index contributed by atoms with van der Waals surface area (Å²) in [4.78, 5) is 9.63. The number of hydrogen-bond donors (Lipinski definition) is 0. The summed E-state index contributed by atoms with van der Waals surface area (Å²) in [6.45, 7) is 0. The molecule has 0 saturated heterocycles. The molecule has 0 spiro atoms. The van der Waals surface area contributed by atoms with Crippen molar-refractivity contribution in [3.8, 4) is 39.1 Å². The van der Waals surface area contributed by atoms with Crippen LogP contribution in [-0.4, -0.2) is 53.8 Å². The minimum atomic E-state index is -0.208. The van der Waals surface area contributed by atoms with Crippen molar-refractivity contribution in [1.82, 2.24) is 14.5 Å². The summed E-state index contributed by atoms with van der Waals surface area (Å²) in [6, 6.07) is 53.0. The maximum absolute atomic E-state index is 5.32. The lowest BCUT2D eigenvalue weighted by molar-refractivity contribution is 0.758. The van der Waals surface area contributed by atoms with Crippen molar-refractivity contribution in [2.24, 2.45) is 0 Å². The van der Waals surface area contributed by atoms with Crippen LogP contribution in [0.5, 0.6) is 0 Å². The Kier molecular flexibility index (Phi) is 7.55. The molecule has 0 bridgehead atoms. The lowest BCUT2D eigenvalue weighted by Gasteiger charge is -2.39. The zero-order chi connectivity index (χ0) is 35.6. The summed E-state index contributed by atoms with van der Waals surface area (Å²) >= 11 is 0. The molecule has 0 radical (unpaired) electrons. The van der Waals surface area contributed by atoms with Crippen LogP contribution in [0.1, 0.15) is 5.82 Å². The molecule has 9 aromatic rings. The van der Waals surface area contributed by atoms with E-state index >= 15 is 0 Å². The molecule has 2 heterocycles. The Morgan fingerprint density at radius 2 is 0.942 bits per heavy atom. The second-order valence-electron chi connectivity index (χ2n) is 15.4. The van der Waals surface area contributed by atoms with Crippen molar-refractivity contribution in [2.75, 3.05) is 0 Å². The molecule has 8 heteroatoms. The summed E-state index contributed by atoms with van der Waals surface area (Å²) in [5.41, 5.74) is 10.6. The van der Waals surface area contributed by atoms with Crippen LogP contribution in [0.2, 0.25) is 5.11 Å². The lowest BCUT2D eigenvalue weighted by Crippen LogP contribution is -2.45. The van der Waals surface area contributed by atoms with E-state index in [0.29, 0.717) is 0 Å². The van der Waals surface area contributed by atoms with E-state index in [4.69, 9.17) is 4.98 Å². The lowest BCUT2D eigenvalue weighted by atomic mass is 9.23. The highest BCUT2D eigenvalue weighted by Gasteiger charge is 2.38. The van der Waals surface area contributed by atoms with Crippen molar-refractivity contribution >= 4 is 82.6 Å². The Hall–Kier alpha value is -5.74. The number of imidazole rings is 1. The molecular weight excluding hydrogens is 625 g/mol. The van der Waals surface area contributed by atoms with Crippen LogP contribution in [0, 0.1) is 0 Å². The minimum Gasteiger partial charge on any atom is -0.296 e. The first-order valence-corrected chi connectivity index (χ1v) is 18.2. The molecule has 0 aliphatic heterocycles. The predicted molar refractivity (Wildman–Crippen MR) is 235 cm³/mol. The van der Waals surface area contributed by atoms with Crippen LogP contribution >= 0.6 is 0 Å². The van der Waals surface area contributed by atoms with E-state index in [1.165, 1.54) is 60.1 Å². The highest BCUT2D eigenvalue weighted by molar-refractivity contribution is 6.67. The van der Waals surface area contributed by atoms with E-state index < -0.39 is 0 Å². The van der Waals surface area contributed by atoms with Crippen molar-refractivity contribution in [1.29, 1.82) is 0 Å². The van der Waals surface area contributed by atoms with E-state index in [-0.39, 0.29) is 10.3 Å². The van der Waals surface area contributed by atoms with Crippen molar-refractivity contribution in [3.63, 3.8) is 0 Å². The summed E-state index contributed by atoms with van der Waals surface area (Å²) in [6.07, 6.45) is 3.75. The molecule has 52 heavy (non-hydrogen) atoms. The number of rotatable bonds is 6. The van der Waals surface area contributed by atoms with Crippen molar-refractivity contribution in [2.45, 2.75) is 10.3 Å². The van der Waals surface area contributed by atoms with Crippen LogP contribution in [0.25, 0.3) is 82.4 Å². The monoisotopic (exact) mass is 661 g/mol. The average molecular weight is 661 g/mol. The van der Waals surface area contributed by atoms with Gasteiger partial charge in [0.1, 0.15) is 21.5 Å². The normalized spacial score (nSPS) is 12.2. The number of fused-ring (bicyclic) bond motifs is 4. The van der Waals surface area contributed by atoms with Crippen LogP contribution < -0.4 is 0 Å². The standard InChI is InChI=1S/C44H36B5N3/c45-43(46,44(47,48)49)42-51-37-19-9-10-20-39(37)52(42)38-22-21-36(29-12-2-3-13-30(29)38)41-34-17-7-5-15-32(34)40(33-16-6-8-18-35(33)41)31-14-4-1-11-28(31)27-23-25-50-26-24-27/h1-26H,45-49H2. The first-order valence-electron chi connectivity index (χ1n) is 18.2. The van der Waals surface area contributed by atoms with E-state index in [2.05, 4.69) is 194 Å². The van der Waals surface area contributed by atoms with Gasteiger partial charge in [0.25, 0.3) is 0 Å². The summed E-state index contributed by atoms with van der Waals surface area (Å²) < 4.78 is 2.42. The summed E-state index contributed by atoms with van der Waals surface area (Å²) in [5.74, 6) is 1.08. The first-order chi connectivity index (χ1) is 25.2. The fourth-order valence-electron chi connectivity index (χ4n) is 7.91. The third kappa shape index (κ3) is 4.96. The van der Waals surface area contributed by atoms with E-state index in [1.54, 1.807) is 0 Å². The fourth-order valence-corrected chi connectivity index (χ4v) is 7.91. The smallest absolute Gasteiger partial charge is 0.106 e. The van der Waals surface area contributed by atoms with E-state index in [0.717, 1.165) is 28.1 Å². The van der Waals surface area contributed by atoms with E-state index in [9.17, 15) is 0 Å². The van der Waals surface area contributed by atoms with Crippen molar-refractivity contribution in [3.05, 3.63) is 164 Å². The Bertz CT molecular complexity index is 2760. The number of hydrogen-bond acceptors (Lipinski definition) is 2. The van der Waals surface area contributed by atoms with Gasteiger partial charge >= 0.3 is 0 Å². The summed E-state index contributed by atoms with van der Waals surface area (Å²) in [7, 11) is 11.6.